The lowest BCUT2D eigenvalue weighted by atomic mass is 10.0. The van der Waals surface area contributed by atoms with Crippen LogP contribution in [0.3, 0.4) is 0 Å². The fourth-order valence-electron chi connectivity index (χ4n) is 4.75. The Hall–Kier alpha value is -2.27. The molecule has 0 saturated heterocycles. The Bertz CT molecular complexity index is 981. The minimum absolute atomic E-state index is 0.00816. The van der Waals surface area contributed by atoms with Gasteiger partial charge in [-0.3, -0.25) is 9.59 Å². The van der Waals surface area contributed by atoms with Gasteiger partial charge in [0.15, 0.2) is 0 Å². The second-order valence-corrected chi connectivity index (χ2v) is 10.5. The highest BCUT2D eigenvalue weighted by Gasteiger charge is 2.39. The van der Waals surface area contributed by atoms with Crippen LogP contribution in [0, 0.1) is 19.8 Å². The molecule has 2 amide bonds. The summed E-state index contributed by atoms with van der Waals surface area (Å²) in [7, 11) is 0. The van der Waals surface area contributed by atoms with Crippen molar-refractivity contribution in [3.05, 3.63) is 59.2 Å². The second kappa shape index (κ2) is 10.1. The highest BCUT2D eigenvalue weighted by Crippen LogP contribution is 2.42. The van der Waals surface area contributed by atoms with Gasteiger partial charge < -0.3 is 10.2 Å². The van der Waals surface area contributed by atoms with Crippen LogP contribution in [-0.4, -0.2) is 23.1 Å². The van der Waals surface area contributed by atoms with Gasteiger partial charge >= 0.3 is 0 Å². The maximum atomic E-state index is 13.7. The molecule has 2 atom stereocenters. The van der Waals surface area contributed by atoms with Crippen LogP contribution >= 0.6 is 11.8 Å². The van der Waals surface area contributed by atoms with Gasteiger partial charge in [-0.1, -0.05) is 68.5 Å². The predicted octanol–water partition coefficient (Wildman–Crippen LogP) is 5.79. The van der Waals surface area contributed by atoms with Crippen LogP contribution in [-0.2, 0) is 16.1 Å². The molecule has 0 spiro atoms. The number of rotatable bonds is 5. The molecule has 2 aliphatic rings. The topological polar surface area (TPSA) is 49.4 Å². The number of fused-ring (bicyclic) bond motifs is 1. The SMILES string of the molecule is Cc1ccc(C)c(CN2C(=O)[C@@H]([C@H](C)C(=O)NC3CCCCCC3)Sc3ccccc32)c1. The van der Waals surface area contributed by atoms with Crippen LogP contribution in [0.4, 0.5) is 5.69 Å². The highest BCUT2D eigenvalue weighted by atomic mass is 32.2. The third kappa shape index (κ3) is 5.03. The van der Waals surface area contributed by atoms with Crippen LogP contribution < -0.4 is 10.2 Å². The number of benzene rings is 2. The van der Waals surface area contributed by atoms with E-state index in [1.54, 1.807) is 0 Å². The zero-order chi connectivity index (χ0) is 22.7. The minimum atomic E-state index is -0.416. The third-order valence-corrected chi connectivity index (χ3v) is 8.28. The van der Waals surface area contributed by atoms with Crippen LogP contribution in [0.1, 0.15) is 62.1 Å². The summed E-state index contributed by atoms with van der Waals surface area (Å²) < 4.78 is 0. The predicted molar refractivity (Wildman–Crippen MR) is 132 cm³/mol. The van der Waals surface area contributed by atoms with Crippen molar-refractivity contribution in [1.29, 1.82) is 0 Å². The Labute approximate surface area is 196 Å². The first-order valence-electron chi connectivity index (χ1n) is 11.9. The van der Waals surface area contributed by atoms with Crippen molar-refractivity contribution in [3.63, 3.8) is 0 Å². The van der Waals surface area contributed by atoms with E-state index in [9.17, 15) is 9.59 Å². The molecule has 32 heavy (non-hydrogen) atoms. The lowest BCUT2D eigenvalue weighted by molar-refractivity contribution is -0.129. The maximum Gasteiger partial charge on any atom is 0.241 e. The molecule has 1 heterocycles. The highest BCUT2D eigenvalue weighted by molar-refractivity contribution is 8.01. The van der Waals surface area contributed by atoms with E-state index in [0.717, 1.165) is 29.0 Å². The lowest BCUT2D eigenvalue weighted by Gasteiger charge is -2.36. The van der Waals surface area contributed by atoms with Gasteiger partial charge in [-0.05, 0) is 49.9 Å². The molecular formula is C27H34N2O2S. The van der Waals surface area contributed by atoms with Crippen LogP contribution in [0.5, 0.6) is 0 Å². The third-order valence-electron chi connectivity index (χ3n) is 6.82. The van der Waals surface area contributed by atoms with Gasteiger partial charge in [0.2, 0.25) is 11.8 Å². The smallest absolute Gasteiger partial charge is 0.241 e. The fraction of sp³-hybridized carbons (Fsp3) is 0.481. The van der Waals surface area contributed by atoms with Gasteiger partial charge in [-0.25, -0.2) is 0 Å². The van der Waals surface area contributed by atoms with E-state index in [-0.39, 0.29) is 23.8 Å². The van der Waals surface area contributed by atoms with Crippen molar-refractivity contribution >= 4 is 29.3 Å². The molecule has 0 radical (unpaired) electrons. The van der Waals surface area contributed by atoms with E-state index in [2.05, 4.69) is 43.4 Å². The number of para-hydroxylation sites is 1. The molecule has 1 aliphatic carbocycles. The summed E-state index contributed by atoms with van der Waals surface area (Å²) in [5.74, 6) is -0.350. The molecule has 4 rings (SSSR count). The second-order valence-electron chi connectivity index (χ2n) is 9.35. The van der Waals surface area contributed by atoms with Crippen LogP contribution in [0.25, 0.3) is 0 Å². The molecular weight excluding hydrogens is 416 g/mol. The van der Waals surface area contributed by atoms with E-state index in [0.29, 0.717) is 6.54 Å². The average Bonchev–Trinajstić information content (AvgIpc) is 3.06. The van der Waals surface area contributed by atoms with Crippen molar-refractivity contribution in [2.75, 3.05) is 4.90 Å². The van der Waals surface area contributed by atoms with Crippen molar-refractivity contribution in [2.45, 2.75) is 82.0 Å². The molecule has 4 nitrogen and oxygen atoms in total. The van der Waals surface area contributed by atoms with Crippen molar-refractivity contribution < 1.29 is 9.59 Å². The van der Waals surface area contributed by atoms with Gasteiger partial charge in [-0.15, -0.1) is 11.8 Å². The van der Waals surface area contributed by atoms with Crippen molar-refractivity contribution in [1.82, 2.24) is 5.32 Å². The number of hydrogen-bond donors (Lipinski definition) is 1. The average molecular weight is 451 g/mol. The Morgan fingerprint density at radius 3 is 2.56 bits per heavy atom. The van der Waals surface area contributed by atoms with Gasteiger partial charge in [0.25, 0.3) is 0 Å². The first-order chi connectivity index (χ1) is 15.4. The van der Waals surface area contributed by atoms with Gasteiger partial charge in [0.1, 0.15) is 5.25 Å². The number of carbonyl (C=O) groups is 2. The normalized spacial score (nSPS) is 20.4. The monoisotopic (exact) mass is 450 g/mol. The quantitative estimate of drug-likeness (QED) is 0.587. The van der Waals surface area contributed by atoms with Crippen LogP contribution in [0.15, 0.2) is 47.4 Å². The van der Waals surface area contributed by atoms with E-state index >= 15 is 0 Å². The first-order valence-corrected chi connectivity index (χ1v) is 12.8. The lowest BCUT2D eigenvalue weighted by Crippen LogP contribution is -2.48. The van der Waals surface area contributed by atoms with Gasteiger partial charge in [-0.2, -0.15) is 0 Å². The number of hydrogen-bond acceptors (Lipinski definition) is 3. The summed E-state index contributed by atoms with van der Waals surface area (Å²) in [5, 5.41) is 2.84. The number of nitrogens with one attached hydrogen (secondary N) is 1. The molecule has 1 saturated carbocycles. The Kier molecular flexibility index (Phi) is 7.24. The number of aryl methyl sites for hydroxylation is 2. The molecule has 170 valence electrons. The Balaban J connectivity index is 1.56. The number of carbonyl (C=O) groups excluding carboxylic acids is 2. The summed E-state index contributed by atoms with van der Waals surface area (Å²) in [6, 6.07) is 14.7. The molecule has 0 unspecified atom stereocenters. The Morgan fingerprint density at radius 1 is 1.09 bits per heavy atom. The summed E-state index contributed by atoms with van der Waals surface area (Å²) in [6.07, 6.45) is 6.95. The zero-order valence-corrected chi connectivity index (χ0v) is 20.2. The molecule has 1 aliphatic heterocycles. The Morgan fingerprint density at radius 2 is 1.81 bits per heavy atom. The first kappa shape index (κ1) is 22.9. The molecule has 0 aromatic heterocycles. The van der Waals surface area contributed by atoms with Crippen LogP contribution in [0.2, 0.25) is 0 Å². The summed E-state index contributed by atoms with van der Waals surface area (Å²) in [6.45, 7) is 6.60. The van der Waals surface area contributed by atoms with E-state index in [1.165, 1.54) is 48.6 Å². The number of amides is 2. The molecule has 1 N–H and O–H groups in total. The largest absolute Gasteiger partial charge is 0.353 e. The van der Waals surface area contributed by atoms with Gasteiger partial charge in [0, 0.05) is 10.9 Å². The van der Waals surface area contributed by atoms with Gasteiger partial charge in [0.05, 0.1) is 18.2 Å². The van der Waals surface area contributed by atoms with E-state index in [4.69, 9.17) is 0 Å². The standard InChI is InChI=1S/C27H34N2O2S/c1-18-14-15-19(2)21(16-18)17-29-23-12-8-9-13-24(23)32-25(27(29)31)20(3)26(30)28-22-10-6-4-5-7-11-22/h8-9,12-16,20,22,25H,4-7,10-11,17H2,1-3H3,(H,28,30)/t20-,25+/m0/s1. The molecule has 5 heteroatoms. The molecule has 2 aromatic rings. The number of nitrogens with zero attached hydrogens (tertiary/aromatic N) is 1. The molecule has 0 bridgehead atoms. The summed E-state index contributed by atoms with van der Waals surface area (Å²) in [4.78, 5) is 29.8. The molecule has 1 fully saturated rings. The zero-order valence-electron chi connectivity index (χ0n) is 19.4. The fourth-order valence-corrected chi connectivity index (χ4v) is 6.04. The maximum absolute atomic E-state index is 13.7. The summed E-state index contributed by atoms with van der Waals surface area (Å²) in [5.41, 5.74) is 4.45. The number of anilines is 1. The van der Waals surface area contributed by atoms with E-state index < -0.39 is 5.25 Å². The summed E-state index contributed by atoms with van der Waals surface area (Å²) >= 11 is 1.54. The minimum Gasteiger partial charge on any atom is -0.353 e. The number of thioether (sulfide) groups is 1. The molecule has 2 aromatic carbocycles. The van der Waals surface area contributed by atoms with Crippen molar-refractivity contribution in [2.24, 2.45) is 5.92 Å². The van der Waals surface area contributed by atoms with Crippen molar-refractivity contribution in [3.8, 4) is 0 Å². The van der Waals surface area contributed by atoms with E-state index in [1.807, 2.05) is 30.0 Å².